The third-order valence-corrected chi connectivity index (χ3v) is 4.57. The second-order valence-electron chi connectivity index (χ2n) is 6.84. The average molecular weight is 397 g/mol. The smallest absolute Gasteiger partial charge is 0.162 e. The fraction of sp³-hybridized carbons (Fsp3) is 0.0952. The number of hydrogen-bond acceptors (Lipinski definition) is 7. The lowest BCUT2D eigenvalue weighted by atomic mass is 10.2. The molecule has 0 aliphatic rings. The van der Waals surface area contributed by atoms with Crippen LogP contribution in [0.4, 0.5) is 17.5 Å². The highest BCUT2D eigenvalue weighted by molar-refractivity contribution is 5.77. The minimum absolute atomic E-state index is 0.390. The van der Waals surface area contributed by atoms with Gasteiger partial charge in [-0.15, -0.1) is 0 Å². The van der Waals surface area contributed by atoms with E-state index in [1.54, 1.807) is 23.7 Å². The van der Waals surface area contributed by atoms with Gasteiger partial charge in [0.15, 0.2) is 17.3 Å². The Morgan fingerprint density at radius 1 is 1.00 bits per heavy atom. The fourth-order valence-corrected chi connectivity index (χ4v) is 3.33. The van der Waals surface area contributed by atoms with Crippen molar-refractivity contribution in [3.8, 4) is 11.4 Å². The third kappa shape index (κ3) is 3.44. The van der Waals surface area contributed by atoms with E-state index in [0.717, 1.165) is 0 Å². The Balaban J connectivity index is 1.52. The van der Waals surface area contributed by atoms with Gasteiger partial charge in [-0.2, -0.15) is 10.2 Å². The van der Waals surface area contributed by atoms with Gasteiger partial charge in [0.25, 0.3) is 0 Å². The number of nitrogens with two attached hydrogens (primary N) is 1. The quantitative estimate of drug-likeness (QED) is 0.469. The summed E-state index contributed by atoms with van der Waals surface area (Å²) < 4.78 is 3.60. The lowest BCUT2D eigenvalue weighted by Crippen LogP contribution is -2.03. The molecular weight excluding hydrogens is 378 g/mol. The van der Waals surface area contributed by atoms with Gasteiger partial charge < -0.3 is 11.1 Å². The number of nitrogen functional groups attached to an aromatic ring is 1. The number of benzene rings is 1. The zero-order chi connectivity index (χ0) is 20.5. The van der Waals surface area contributed by atoms with Crippen LogP contribution in [0.25, 0.3) is 17.0 Å². The molecular formula is C21H19N9. The molecule has 5 aromatic rings. The topological polar surface area (TPSA) is 112 Å². The van der Waals surface area contributed by atoms with E-state index >= 15 is 0 Å². The van der Waals surface area contributed by atoms with Crippen molar-refractivity contribution in [3.05, 3.63) is 78.4 Å². The Kier molecular flexibility index (Phi) is 4.32. The number of fused-ring (bicyclic) bond motifs is 1. The molecule has 0 saturated carbocycles. The van der Waals surface area contributed by atoms with E-state index < -0.39 is 0 Å². The van der Waals surface area contributed by atoms with Gasteiger partial charge in [0.1, 0.15) is 17.3 Å². The zero-order valence-electron chi connectivity index (χ0n) is 16.3. The number of aromatic nitrogens is 7. The van der Waals surface area contributed by atoms with Crippen molar-refractivity contribution in [1.82, 2.24) is 34.3 Å². The summed E-state index contributed by atoms with van der Waals surface area (Å²) in [5, 5.41) is 12.3. The van der Waals surface area contributed by atoms with Crippen molar-refractivity contribution in [2.24, 2.45) is 0 Å². The average Bonchev–Trinajstić information content (AvgIpc) is 3.32. The van der Waals surface area contributed by atoms with Gasteiger partial charge in [-0.1, -0.05) is 30.3 Å². The second kappa shape index (κ2) is 7.28. The second-order valence-corrected chi connectivity index (χ2v) is 6.84. The van der Waals surface area contributed by atoms with Crippen molar-refractivity contribution in [1.29, 1.82) is 0 Å². The molecule has 4 aromatic heterocycles. The van der Waals surface area contributed by atoms with Crippen molar-refractivity contribution < 1.29 is 0 Å². The molecule has 0 aliphatic carbocycles. The first-order valence-corrected chi connectivity index (χ1v) is 9.45. The van der Waals surface area contributed by atoms with Gasteiger partial charge in [-0.3, -0.25) is 4.68 Å². The summed E-state index contributed by atoms with van der Waals surface area (Å²) in [6, 6.07) is 17.5. The Labute approximate surface area is 172 Å². The molecule has 3 N–H and O–H groups in total. The largest absolute Gasteiger partial charge is 0.384 e. The first-order chi connectivity index (χ1) is 14.7. The molecule has 0 radical (unpaired) electrons. The van der Waals surface area contributed by atoms with Gasteiger partial charge in [0.2, 0.25) is 0 Å². The standard InChI is InChI=1S/C21H19N9/c1-14-24-16(12-17(22)25-14)20-21(27-19-8-5-10-23-30(19)20)26-18-9-11-29(28-18)13-15-6-3-2-4-7-15/h2-12H,13H2,1H3,(H,26,28)(H2,22,24,25). The third-order valence-electron chi connectivity index (χ3n) is 4.57. The number of nitrogens with one attached hydrogen (secondary N) is 1. The van der Waals surface area contributed by atoms with E-state index in [2.05, 4.69) is 42.6 Å². The Bertz CT molecular complexity index is 1300. The number of aryl methyl sites for hydroxylation is 1. The van der Waals surface area contributed by atoms with Crippen molar-refractivity contribution >= 4 is 23.1 Å². The number of rotatable bonds is 5. The van der Waals surface area contributed by atoms with Gasteiger partial charge in [0, 0.05) is 24.5 Å². The Morgan fingerprint density at radius 3 is 2.70 bits per heavy atom. The van der Waals surface area contributed by atoms with Crippen LogP contribution >= 0.6 is 0 Å². The number of nitrogens with zero attached hydrogens (tertiary/aromatic N) is 7. The van der Waals surface area contributed by atoms with Gasteiger partial charge in [-0.05, 0) is 24.6 Å². The van der Waals surface area contributed by atoms with Crippen LogP contribution in [-0.2, 0) is 6.54 Å². The van der Waals surface area contributed by atoms with Crippen LogP contribution in [0.15, 0.2) is 67.0 Å². The van der Waals surface area contributed by atoms with Crippen molar-refractivity contribution in [3.63, 3.8) is 0 Å². The molecule has 30 heavy (non-hydrogen) atoms. The van der Waals surface area contributed by atoms with Crippen molar-refractivity contribution in [2.45, 2.75) is 13.5 Å². The maximum Gasteiger partial charge on any atom is 0.162 e. The van der Waals surface area contributed by atoms with E-state index in [1.165, 1.54) is 5.56 Å². The van der Waals surface area contributed by atoms with Gasteiger partial charge in [-0.25, -0.2) is 19.5 Å². The molecule has 0 unspecified atom stereocenters. The highest BCUT2D eigenvalue weighted by Gasteiger charge is 2.18. The van der Waals surface area contributed by atoms with E-state index in [-0.39, 0.29) is 0 Å². The normalized spacial score (nSPS) is 11.1. The van der Waals surface area contributed by atoms with Crippen LogP contribution in [0, 0.1) is 6.92 Å². The lowest BCUT2D eigenvalue weighted by Gasteiger charge is -2.06. The molecule has 0 spiro atoms. The molecule has 9 heteroatoms. The van der Waals surface area contributed by atoms with Crippen LogP contribution in [0.3, 0.4) is 0 Å². The molecule has 0 fully saturated rings. The predicted octanol–water partition coefficient (Wildman–Crippen LogP) is 3.07. The van der Waals surface area contributed by atoms with Gasteiger partial charge >= 0.3 is 0 Å². The van der Waals surface area contributed by atoms with Crippen LogP contribution in [0.2, 0.25) is 0 Å². The first kappa shape index (κ1) is 17.8. The minimum Gasteiger partial charge on any atom is -0.384 e. The summed E-state index contributed by atoms with van der Waals surface area (Å²) in [5.41, 5.74) is 9.15. The number of imidazole rings is 1. The maximum atomic E-state index is 5.95. The minimum atomic E-state index is 0.390. The molecule has 0 bridgehead atoms. The zero-order valence-corrected chi connectivity index (χ0v) is 16.3. The predicted molar refractivity (Wildman–Crippen MR) is 114 cm³/mol. The summed E-state index contributed by atoms with van der Waals surface area (Å²) in [6.45, 7) is 2.48. The first-order valence-electron chi connectivity index (χ1n) is 9.45. The molecule has 0 atom stereocenters. The van der Waals surface area contributed by atoms with E-state index in [4.69, 9.17) is 5.73 Å². The molecule has 0 aliphatic heterocycles. The highest BCUT2D eigenvalue weighted by atomic mass is 15.3. The van der Waals surface area contributed by atoms with Crippen LogP contribution in [0.5, 0.6) is 0 Å². The SMILES string of the molecule is Cc1nc(N)cc(-c2c(Nc3ccn(Cc4ccccc4)n3)nc3cccnn23)n1. The van der Waals surface area contributed by atoms with Crippen molar-refractivity contribution in [2.75, 3.05) is 11.1 Å². The molecule has 5 rings (SSSR count). The molecule has 0 saturated heterocycles. The molecule has 4 heterocycles. The summed E-state index contributed by atoms with van der Waals surface area (Å²) in [6.07, 6.45) is 3.63. The van der Waals surface area contributed by atoms with Crippen LogP contribution in [0.1, 0.15) is 11.4 Å². The lowest BCUT2D eigenvalue weighted by molar-refractivity contribution is 0.689. The molecule has 9 nitrogen and oxygen atoms in total. The maximum absolute atomic E-state index is 5.95. The molecule has 148 valence electrons. The van der Waals surface area contributed by atoms with Crippen LogP contribution < -0.4 is 11.1 Å². The van der Waals surface area contributed by atoms with E-state index in [9.17, 15) is 0 Å². The molecule has 1 aromatic carbocycles. The number of anilines is 3. The Morgan fingerprint density at radius 2 is 1.87 bits per heavy atom. The fourth-order valence-electron chi connectivity index (χ4n) is 3.33. The van der Waals surface area contributed by atoms with Crippen LogP contribution in [-0.4, -0.2) is 34.3 Å². The highest BCUT2D eigenvalue weighted by Crippen LogP contribution is 2.29. The van der Waals surface area contributed by atoms with E-state index in [1.807, 2.05) is 47.3 Å². The summed E-state index contributed by atoms with van der Waals surface area (Å²) >= 11 is 0. The monoisotopic (exact) mass is 397 g/mol. The summed E-state index contributed by atoms with van der Waals surface area (Å²) in [7, 11) is 0. The molecule has 0 amide bonds. The summed E-state index contributed by atoms with van der Waals surface area (Å²) in [4.78, 5) is 13.4. The Hall–Kier alpha value is -4.27. The van der Waals surface area contributed by atoms with E-state index in [0.29, 0.717) is 46.9 Å². The summed E-state index contributed by atoms with van der Waals surface area (Å²) in [5.74, 6) is 2.24. The van der Waals surface area contributed by atoms with Gasteiger partial charge in [0.05, 0.1) is 12.2 Å². The number of hydrogen-bond donors (Lipinski definition) is 2.